The summed E-state index contributed by atoms with van der Waals surface area (Å²) in [6, 6.07) is 6.61. The van der Waals surface area contributed by atoms with E-state index in [4.69, 9.17) is 0 Å². The molecule has 1 aliphatic heterocycles. The summed E-state index contributed by atoms with van der Waals surface area (Å²) in [5.41, 5.74) is 0.765. The fraction of sp³-hybridized carbons (Fsp3) is 0.579. The van der Waals surface area contributed by atoms with Crippen LogP contribution in [0.1, 0.15) is 37.7 Å². The van der Waals surface area contributed by atoms with Gasteiger partial charge >= 0.3 is 0 Å². The number of carbonyl (C=O) groups excluding carboxylic acids is 2. The summed E-state index contributed by atoms with van der Waals surface area (Å²) in [6.45, 7) is 1.23. The smallest absolute Gasteiger partial charge is 0.234 e. The second kappa shape index (κ2) is 7.95. The fourth-order valence-electron chi connectivity index (χ4n) is 3.85. The summed E-state index contributed by atoms with van der Waals surface area (Å²) in [4.78, 5) is 28.2. The Kier molecular flexibility index (Phi) is 5.68. The highest BCUT2D eigenvalue weighted by atomic mass is 19.1. The lowest BCUT2D eigenvalue weighted by atomic mass is 10.2. The van der Waals surface area contributed by atoms with Gasteiger partial charge in [0.1, 0.15) is 5.82 Å². The summed E-state index contributed by atoms with van der Waals surface area (Å²) in [7, 11) is 1.99. The lowest BCUT2D eigenvalue weighted by Gasteiger charge is -2.24. The zero-order valence-corrected chi connectivity index (χ0v) is 14.7. The number of benzene rings is 1. The summed E-state index contributed by atoms with van der Waals surface area (Å²) >= 11 is 0. The minimum Gasteiger partial charge on any atom is -0.350 e. The van der Waals surface area contributed by atoms with Crippen LogP contribution in [0.25, 0.3) is 0 Å². The average molecular weight is 347 g/mol. The standard InChI is InChI=1S/C19H26FN3O2/c1-22(17-7-2-3-8-17)13-18(24)21-16-10-19(25)23(12-16)11-14-5-4-6-15(20)9-14/h4-6,9,16-17H,2-3,7-8,10-13H2,1H3,(H,21,24). The minimum absolute atomic E-state index is 0.00120. The van der Waals surface area contributed by atoms with Crippen molar-refractivity contribution in [1.29, 1.82) is 0 Å². The average Bonchev–Trinajstić information content (AvgIpc) is 3.18. The van der Waals surface area contributed by atoms with E-state index in [2.05, 4.69) is 10.2 Å². The van der Waals surface area contributed by atoms with Gasteiger partial charge in [-0.25, -0.2) is 4.39 Å². The third-order valence-corrected chi connectivity index (χ3v) is 5.18. The van der Waals surface area contributed by atoms with Gasteiger partial charge in [0.25, 0.3) is 0 Å². The van der Waals surface area contributed by atoms with Crippen LogP contribution in [-0.4, -0.2) is 53.8 Å². The molecule has 1 aliphatic carbocycles. The number of nitrogens with one attached hydrogen (secondary N) is 1. The summed E-state index contributed by atoms with van der Waals surface area (Å²) < 4.78 is 13.3. The number of rotatable bonds is 6. The van der Waals surface area contributed by atoms with Crippen LogP contribution in [0, 0.1) is 5.82 Å². The van der Waals surface area contributed by atoms with E-state index in [1.807, 2.05) is 7.05 Å². The molecule has 0 aromatic heterocycles. The van der Waals surface area contributed by atoms with E-state index in [1.165, 1.54) is 25.0 Å². The van der Waals surface area contributed by atoms with Crippen molar-refractivity contribution in [3.8, 4) is 0 Å². The van der Waals surface area contributed by atoms with Crippen LogP contribution in [0.4, 0.5) is 4.39 Å². The highest BCUT2D eigenvalue weighted by Crippen LogP contribution is 2.22. The molecule has 2 aliphatic rings. The lowest BCUT2D eigenvalue weighted by Crippen LogP contribution is -2.44. The Bertz CT molecular complexity index is 631. The van der Waals surface area contributed by atoms with E-state index in [1.54, 1.807) is 17.0 Å². The maximum absolute atomic E-state index is 13.3. The predicted octanol–water partition coefficient (Wildman–Crippen LogP) is 1.92. The normalized spacial score (nSPS) is 21.3. The number of halogens is 1. The Morgan fingerprint density at radius 3 is 2.84 bits per heavy atom. The van der Waals surface area contributed by atoms with Crippen LogP contribution in [-0.2, 0) is 16.1 Å². The summed E-state index contributed by atoms with van der Waals surface area (Å²) in [5, 5.41) is 2.97. The second-order valence-electron chi connectivity index (χ2n) is 7.23. The number of hydrogen-bond acceptors (Lipinski definition) is 3. The zero-order valence-electron chi connectivity index (χ0n) is 14.7. The first kappa shape index (κ1) is 17.9. The molecule has 136 valence electrons. The van der Waals surface area contributed by atoms with E-state index in [0.29, 0.717) is 32.1 Å². The molecule has 2 amide bonds. The van der Waals surface area contributed by atoms with Gasteiger partial charge in [-0.1, -0.05) is 25.0 Å². The monoisotopic (exact) mass is 347 g/mol. The van der Waals surface area contributed by atoms with Crippen molar-refractivity contribution >= 4 is 11.8 Å². The van der Waals surface area contributed by atoms with E-state index < -0.39 is 0 Å². The molecule has 1 saturated heterocycles. The van der Waals surface area contributed by atoms with Crippen LogP contribution < -0.4 is 5.32 Å². The molecule has 0 bridgehead atoms. The minimum atomic E-state index is -0.302. The van der Waals surface area contributed by atoms with E-state index in [0.717, 1.165) is 18.4 Å². The first-order valence-electron chi connectivity index (χ1n) is 9.03. The molecule has 0 spiro atoms. The van der Waals surface area contributed by atoms with Crippen molar-refractivity contribution < 1.29 is 14.0 Å². The molecule has 1 aromatic carbocycles. The number of amides is 2. The molecule has 1 aromatic rings. The second-order valence-corrected chi connectivity index (χ2v) is 7.23. The largest absolute Gasteiger partial charge is 0.350 e. The van der Waals surface area contributed by atoms with Crippen molar-refractivity contribution in [3.05, 3.63) is 35.6 Å². The molecule has 1 unspecified atom stereocenters. The van der Waals surface area contributed by atoms with Gasteiger partial charge in [-0.2, -0.15) is 0 Å². The van der Waals surface area contributed by atoms with E-state index in [-0.39, 0.29) is 23.7 Å². The van der Waals surface area contributed by atoms with Gasteiger partial charge in [-0.15, -0.1) is 0 Å². The van der Waals surface area contributed by atoms with Crippen molar-refractivity contribution in [3.63, 3.8) is 0 Å². The lowest BCUT2D eigenvalue weighted by molar-refractivity contribution is -0.128. The molecule has 1 heterocycles. The molecule has 5 nitrogen and oxygen atoms in total. The van der Waals surface area contributed by atoms with E-state index >= 15 is 0 Å². The van der Waals surface area contributed by atoms with Crippen LogP contribution >= 0.6 is 0 Å². The van der Waals surface area contributed by atoms with E-state index in [9.17, 15) is 14.0 Å². The predicted molar refractivity (Wildman–Crippen MR) is 93.3 cm³/mol. The number of carbonyl (C=O) groups is 2. The first-order valence-corrected chi connectivity index (χ1v) is 9.03. The highest BCUT2D eigenvalue weighted by molar-refractivity contribution is 5.83. The van der Waals surface area contributed by atoms with Crippen LogP contribution in [0.15, 0.2) is 24.3 Å². The topological polar surface area (TPSA) is 52.7 Å². The fourth-order valence-corrected chi connectivity index (χ4v) is 3.85. The van der Waals surface area contributed by atoms with Crippen LogP contribution in [0.5, 0.6) is 0 Å². The Labute approximate surface area is 148 Å². The molecule has 6 heteroatoms. The molecular formula is C19H26FN3O2. The van der Waals surface area contributed by atoms with Crippen LogP contribution in [0.2, 0.25) is 0 Å². The number of hydrogen-bond donors (Lipinski definition) is 1. The van der Waals surface area contributed by atoms with Gasteiger partial charge in [0.15, 0.2) is 0 Å². The van der Waals surface area contributed by atoms with Gasteiger partial charge in [-0.3, -0.25) is 14.5 Å². The zero-order chi connectivity index (χ0) is 17.8. The quantitative estimate of drug-likeness (QED) is 0.855. The van der Waals surface area contributed by atoms with Gasteiger partial charge in [0.2, 0.25) is 11.8 Å². The van der Waals surface area contributed by atoms with Crippen molar-refractivity contribution in [2.75, 3.05) is 20.1 Å². The Morgan fingerprint density at radius 1 is 1.36 bits per heavy atom. The Hall–Kier alpha value is -1.95. The van der Waals surface area contributed by atoms with Crippen LogP contribution in [0.3, 0.4) is 0 Å². The number of likely N-dealkylation sites (tertiary alicyclic amines) is 1. The maximum atomic E-state index is 13.3. The molecule has 1 saturated carbocycles. The SMILES string of the molecule is CN(CC(=O)NC1CC(=O)N(Cc2cccc(F)c2)C1)C1CCCC1. The van der Waals surface area contributed by atoms with Gasteiger partial charge in [0, 0.05) is 25.6 Å². The van der Waals surface area contributed by atoms with Gasteiger partial charge in [0.05, 0.1) is 12.6 Å². The molecule has 0 radical (unpaired) electrons. The molecule has 1 atom stereocenters. The number of nitrogens with zero attached hydrogens (tertiary/aromatic N) is 2. The summed E-state index contributed by atoms with van der Waals surface area (Å²) in [5.74, 6) is -0.331. The van der Waals surface area contributed by atoms with Gasteiger partial charge < -0.3 is 10.2 Å². The molecule has 25 heavy (non-hydrogen) atoms. The third-order valence-electron chi connectivity index (χ3n) is 5.18. The molecule has 1 N–H and O–H groups in total. The van der Waals surface area contributed by atoms with Crippen molar-refractivity contribution in [1.82, 2.24) is 15.1 Å². The molecule has 3 rings (SSSR count). The molecule has 2 fully saturated rings. The first-order chi connectivity index (χ1) is 12.0. The molecular weight excluding hydrogens is 321 g/mol. The Balaban J connectivity index is 1.47. The Morgan fingerprint density at radius 2 is 2.12 bits per heavy atom. The van der Waals surface area contributed by atoms with Gasteiger partial charge in [-0.05, 0) is 37.6 Å². The maximum Gasteiger partial charge on any atom is 0.234 e. The number of likely N-dealkylation sites (N-methyl/N-ethyl adjacent to an activating group) is 1. The van der Waals surface area contributed by atoms with Crippen molar-refractivity contribution in [2.45, 2.75) is 50.7 Å². The highest BCUT2D eigenvalue weighted by Gasteiger charge is 2.31. The summed E-state index contributed by atoms with van der Waals surface area (Å²) in [6.07, 6.45) is 5.11. The third kappa shape index (κ3) is 4.78. The van der Waals surface area contributed by atoms with Crippen molar-refractivity contribution in [2.24, 2.45) is 0 Å².